The fourth-order valence-electron chi connectivity index (χ4n) is 4.11. The molecule has 0 spiro atoms. The van der Waals surface area contributed by atoms with Crippen LogP contribution < -0.4 is 11.2 Å². The number of thiophene rings is 1. The van der Waals surface area contributed by atoms with E-state index in [-0.39, 0.29) is 22.9 Å². The lowest BCUT2D eigenvalue weighted by atomic mass is 9.93. The van der Waals surface area contributed by atoms with Crippen molar-refractivity contribution in [2.75, 3.05) is 0 Å². The van der Waals surface area contributed by atoms with Gasteiger partial charge >= 0.3 is 5.69 Å². The van der Waals surface area contributed by atoms with Crippen molar-refractivity contribution in [3.05, 3.63) is 31.3 Å². The predicted molar refractivity (Wildman–Crippen MR) is 96.0 cm³/mol. The molecule has 0 atom stereocenters. The van der Waals surface area contributed by atoms with Crippen molar-refractivity contribution in [1.29, 1.82) is 0 Å². The largest absolute Gasteiger partial charge is 0.370 e. The van der Waals surface area contributed by atoms with Gasteiger partial charge in [0.2, 0.25) is 0 Å². The summed E-state index contributed by atoms with van der Waals surface area (Å²) >= 11 is 1.54. The fraction of sp³-hybridized carbons (Fsp3) is 0.667. The molecule has 1 fully saturated rings. The smallest absolute Gasteiger partial charge is 0.332 e. The molecular weight excluding hydrogens is 324 g/mol. The van der Waals surface area contributed by atoms with Crippen LogP contribution in [0.2, 0.25) is 0 Å². The Morgan fingerprint density at radius 2 is 1.88 bits per heavy atom. The first-order chi connectivity index (χ1) is 11.4. The van der Waals surface area contributed by atoms with Gasteiger partial charge in [-0.25, -0.2) is 4.79 Å². The number of hydrogen-bond acceptors (Lipinski definition) is 4. The molecule has 4 rings (SSSR count). The van der Waals surface area contributed by atoms with Crippen molar-refractivity contribution < 1.29 is 4.74 Å². The summed E-state index contributed by atoms with van der Waals surface area (Å²) < 4.78 is 9.10. The molecule has 0 bridgehead atoms. The molecule has 6 heteroatoms. The van der Waals surface area contributed by atoms with E-state index < -0.39 is 0 Å². The molecule has 0 amide bonds. The Morgan fingerprint density at radius 3 is 2.58 bits per heavy atom. The summed E-state index contributed by atoms with van der Waals surface area (Å²) in [6, 6.07) is 0.0535. The molecule has 24 heavy (non-hydrogen) atoms. The Kier molecular flexibility index (Phi) is 3.73. The van der Waals surface area contributed by atoms with E-state index in [1.54, 1.807) is 11.6 Å². The highest BCUT2D eigenvalue weighted by molar-refractivity contribution is 7.18. The monoisotopic (exact) mass is 348 g/mol. The second kappa shape index (κ2) is 5.56. The van der Waals surface area contributed by atoms with E-state index in [2.05, 4.69) is 13.8 Å². The molecule has 1 saturated carbocycles. The summed E-state index contributed by atoms with van der Waals surface area (Å²) in [6.45, 7) is 4.64. The molecule has 2 aliphatic rings. The third kappa shape index (κ3) is 2.39. The van der Waals surface area contributed by atoms with Crippen LogP contribution in [-0.4, -0.2) is 14.7 Å². The van der Waals surface area contributed by atoms with Crippen molar-refractivity contribution in [3.63, 3.8) is 0 Å². The van der Waals surface area contributed by atoms with Crippen LogP contribution in [0.25, 0.3) is 10.2 Å². The molecular formula is C18H24N2O3S. The van der Waals surface area contributed by atoms with Gasteiger partial charge in [-0.05, 0) is 32.3 Å². The predicted octanol–water partition coefficient (Wildman–Crippen LogP) is 3.12. The number of rotatable bonds is 1. The first-order valence-electron chi connectivity index (χ1n) is 8.79. The summed E-state index contributed by atoms with van der Waals surface area (Å²) in [7, 11) is 1.79. The third-order valence-corrected chi connectivity index (χ3v) is 6.72. The van der Waals surface area contributed by atoms with Gasteiger partial charge in [-0.1, -0.05) is 19.3 Å². The van der Waals surface area contributed by atoms with Crippen molar-refractivity contribution in [2.24, 2.45) is 7.05 Å². The van der Waals surface area contributed by atoms with Crippen LogP contribution in [0.1, 0.15) is 62.4 Å². The fourth-order valence-corrected chi connectivity index (χ4v) is 5.29. The van der Waals surface area contributed by atoms with E-state index in [1.165, 1.54) is 22.3 Å². The van der Waals surface area contributed by atoms with Gasteiger partial charge < -0.3 is 4.74 Å². The zero-order chi connectivity index (χ0) is 17.1. The molecule has 0 N–H and O–H groups in total. The van der Waals surface area contributed by atoms with E-state index in [0.29, 0.717) is 6.61 Å². The van der Waals surface area contributed by atoms with E-state index in [0.717, 1.165) is 52.8 Å². The Bertz CT molecular complexity index is 913. The highest BCUT2D eigenvalue weighted by Crippen LogP contribution is 2.37. The van der Waals surface area contributed by atoms with Gasteiger partial charge in [-0.15, -0.1) is 11.3 Å². The average molecular weight is 348 g/mol. The molecule has 2 aromatic rings. The molecule has 0 radical (unpaired) electrons. The first kappa shape index (κ1) is 16.1. The van der Waals surface area contributed by atoms with Crippen LogP contribution in [0, 0.1) is 0 Å². The maximum atomic E-state index is 13.3. The van der Waals surface area contributed by atoms with Crippen LogP contribution in [0.15, 0.2) is 9.59 Å². The van der Waals surface area contributed by atoms with Crippen LogP contribution in [0.5, 0.6) is 0 Å². The van der Waals surface area contributed by atoms with Gasteiger partial charge in [0, 0.05) is 24.4 Å². The molecule has 130 valence electrons. The Hall–Kier alpha value is -1.40. The van der Waals surface area contributed by atoms with Crippen molar-refractivity contribution >= 4 is 21.6 Å². The second-order valence-corrected chi connectivity index (χ2v) is 8.80. The average Bonchev–Trinajstić information content (AvgIpc) is 2.92. The highest BCUT2D eigenvalue weighted by Gasteiger charge is 2.32. The lowest BCUT2D eigenvalue weighted by Gasteiger charge is -2.30. The Morgan fingerprint density at radius 1 is 1.17 bits per heavy atom. The maximum Gasteiger partial charge on any atom is 0.332 e. The minimum atomic E-state index is -0.266. The highest BCUT2D eigenvalue weighted by atomic mass is 32.1. The molecule has 2 aromatic heterocycles. The topological polar surface area (TPSA) is 53.2 Å². The van der Waals surface area contributed by atoms with E-state index in [4.69, 9.17) is 4.74 Å². The van der Waals surface area contributed by atoms with Crippen molar-refractivity contribution in [1.82, 2.24) is 9.13 Å². The quantitative estimate of drug-likeness (QED) is 0.796. The summed E-state index contributed by atoms with van der Waals surface area (Å²) in [5, 5.41) is 0.749. The molecule has 0 saturated heterocycles. The number of fused-ring (bicyclic) bond motifs is 3. The minimum Gasteiger partial charge on any atom is -0.370 e. The molecule has 0 unspecified atom stereocenters. The number of ether oxygens (including phenoxy) is 1. The summed E-state index contributed by atoms with van der Waals surface area (Å²) in [4.78, 5) is 28.0. The molecule has 0 aromatic carbocycles. The summed E-state index contributed by atoms with van der Waals surface area (Å²) in [6.07, 6.45) is 5.98. The summed E-state index contributed by atoms with van der Waals surface area (Å²) in [5.41, 5.74) is 0.572. The Balaban J connectivity index is 1.99. The normalized spacial score (nSPS) is 21.1. The molecule has 5 nitrogen and oxygen atoms in total. The number of aryl methyl sites for hydroxylation is 1. The minimum absolute atomic E-state index is 0.0535. The maximum absolute atomic E-state index is 13.3. The van der Waals surface area contributed by atoms with Crippen LogP contribution in [0.4, 0.5) is 0 Å². The van der Waals surface area contributed by atoms with E-state index in [1.807, 2.05) is 0 Å². The molecule has 1 aliphatic carbocycles. The lowest BCUT2D eigenvalue weighted by Crippen LogP contribution is -2.42. The van der Waals surface area contributed by atoms with E-state index in [9.17, 15) is 9.59 Å². The third-order valence-electron chi connectivity index (χ3n) is 5.44. The van der Waals surface area contributed by atoms with Crippen molar-refractivity contribution in [3.8, 4) is 0 Å². The van der Waals surface area contributed by atoms with Gasteiger partial charge in [-0.2, -0.15) is 0 Å². The van der Waals surface area contributed by atoms with Gasteiger partial charge in [0.15, 0.2) is 0 Å². The Labute approximate surface area is 144 Å². The van der Waals surface area contributed by atoms with Gasteiger partial charge in [0.05, 0.1) is 17.6 Å². The number of aromatic nitrogens is 2. The summed E-state index contributed by atoms with van der Waals surface area (Å²) in [5.74, 6) is 0. The molecule has 1 aliphatic heterocycles. The van der Waals surface area contributed by atoms with E-state index >= 15 is 0 Å². The van der Waals surface area contributed by atoms with Gasteiger partial charge in [0.25, 0.3) is 5.56 Å². The SMILES string of the molecule is Cn1c(=O)n(C2CCCCC2)c(=O)c2c3c(sc21)COC(C)(C)C3. The van der Waals surface area contributed by atoms with Crippen LogP contribution in [-0.2, 0) is 24.8 Å². The zero-order valence-electron chi connectivity index (χ0n) is 14.6. The lowest BCUT2D eigenvalue weighted by molar-refractivity contribution is -0.0379. The zero-order valence-corrected chi connectivity index (χ0v) is 15.4. The van der Waals surface area contributed by atoms with Crippen molar-refractivity contribution in [2.45, 2.75) is 70.6 Å². The van der Waals surface area contributed by atoms with Gasteiger partial charge in [-0.3, -0.25) is 13.9 Å². The first-order valence-corrected chi connectivity index (χ1v) is 9.60. The number of hydrogen-bond donors (Lipinski definition) is 0. The van der Waals surface area contributed by atoms with Crippen LogP contribution >= 0.6 is 11.3 Å². The van der Waals surface area contributed by atoms with Crippen LogP contribution in [0.3, 0.4) is 0 Å². The molecule has 3 heterocycles. The second-order valence-electron chi connectivity index (χ2n) is 7.72. The van der Waals surface area contributed by atoms with Gasteiger partial charge in [0.1, 0.15) is 4.83 Å². The number of nitrogens with zero attached hydrogens (tertiary/aromatic N) is 2. The standard InChI is InChI=1S/C18H24N2O3S/c1-18(2)9-12-13(10-23-18)24-16-14(12)15(21)20(17(22)19(16)3)11-7-5-4-6-8-11/h11H,4-10H2,1-3H3.